The molecule has 2 aliphatic rings. The number of carboxylic acid groups (broad SMARTS) is 1. The van der Waals surface area contributed by atoms with E-state index >= 15 is 0 Å². The number of rotatable bonds is 4. The van der Waals surface area contributed by atoms with E-state index in [0.29, 0.717) is 52.7 Å². The van der Waals surface area contributed by atoms with Crippen LogP contribution in [0.25, 0.3) is 0 Å². The van der Waals surface area contributed by atoms with Crippen molar-refractivity contribution in [3.63, 3.8) is 0 Å². The summed E-state index contributed by atoms with van der Waals surface area (Å²) in [5.41, 5.74) is 1.44. The van der Waals surface area contributed by atoms with Gasteiger partial charge in [0.15, 0.2) is 0 Å². The predicted octanol–water partition coefficient (Wildman–Crippen LogP) is 4.12. The van der Waals surface area contributed by atoms with Gasteiger partial charge < -0.3 is 10.0 Å². The summed E-state index contributed by atoms with van der Waals surface area (Å²) in [5.74, 6) is -2.20. The summed E-state index contributed by atoms with van der Waals surface area (Å²) >= 11 is 12.6. The third-order valence-corrected chi connectivity index (χ3v) is 7.76. The molecule has 2 aromatic rings. The Bertz CT molecular complexity index is 1060. The van der Waals surface area contributed by atoms with Crippen LogP contribution in [0.4, 0.5) is 0 Å². The molecule has 0 aromatic heterocycles. The zero-order chi connectivity index (χ0) is 22.3. The second kappa shape index (κ2) is 8.90. The maximum atomic E-state index is 13.7. The van der Waals surface area contributed by atoms with Crippen molar-refractivity contribution in [1.82, 2.24) is 9.21 Å². The van der Waals surface area contributed by atoms with Crippen molar-refractivity contribution in [3.05, 3.63) is 69.2 Å². The number of carboxylic acids is 1. The molecule has 2 heterocycles. The number of hydrogen-bond donors (Lipinski definition) is 1. The number of hydrogen-bond acceptors (Lipinski definition) is 3. The van der Waals surface area contributed by atoms with E-state index in [1.807, 2.05) is 4.31 Å². The van der Waals surface area contributed by atoms with Crippen LogP contribution in [0.1, 0.15) is 46.3 Å². The van der Waals surface area contributed by atoms with E-state index < -0.39 is 28.9 Å². The van der Waals surface area contributed by atoms with E-state index in [2.05, 4.69) is 0 Å². The average Bonchev–Trinajstić information content (AvgIpc) is 2.73. The molecule has 6 nitrogen and oxygen atoms in total. The molecule has 0 bridgehead atoms. The fourth-order valence-corrected chi connectivity index (χ4v) is 5.91. The number of fused-ring (bicyclic) bond motifs is 1. The van der Waals surface area contributed by atoms with Crippen LogP contribution >= 0.6 is 23.2 Å². The van der Waals surface area contributed by atoms with Gasteiger partial charge in [0.05, 0.1) is 17.0 Å². The first-order valence-corrected chi connectivity index (χ1v) is 12.2. The lowest BCUT2D eigenvalue weighted by Crippen LogP contribution is -2.53. The molecule has 1 fully saturated rings. The molecule has 0 saturated carbocycles. The first kappa shape index (κ1) is 22.3. The minimum Gasteiger partial charge on any atom is -0.481 e. The van der Waals surface area contributed by atoms with Crippen LogP contribution in [0.5, 0.6) is 0 Å². The normalized spacial score (nSPS) is 23.5. The summed E-state index contributed by atoms with van der Waals surface area (Å²) in [6, 6.07) is 10.8. The topological polar surface area (TPSA) is 77.9 Å². The van der Waals surface area contributed by atoms with Gasteiger partial charge in [0.1, 0.15) is 5.92 Å². The quantitative estimate of drug-likeness (QED) is 0.713. The molecule has 0 spiro atoms. The van der Waals surface area contributed by atoms with Gasteiger partial charge in [0, 0.05) is 41.0 Å². The van der Waals surface area contributed by atoms with Crippen LogP contribution in [0.2, 0.25) is 10.0 Å². The van der Waals surface area contributed by atoms with Crippen LogP contribution in [-0.4, -0.2) is 55.8 Å². The Morgan fingerprint density at radius 2 is 1.77 bits per heavy atom. The van der Waals surface area contributed by atoms with Gasteiger partial charge in [-0.05, 0) is 42.2 Å². The predicted molar refractivity (Wildman–Crippen MR) is 121 cm³/mol. The van der Waals surface area contributed by atoms with Crippen molar-refractivity contribution in [2.45, 2.75) is 30.8 Å². The number of carbonyl (C=O) groups excluding carboxylic acids is 1. The lowest BCUT2D eigenvalue weighted by molar-refractivity contribution is -0.141. The Morgan fingerprint density at radius 1 is 1.10 bits per heavy atom. The SMILES string of the molecule is CS(=O)N1CCC(N2C(=O)c3ccccc3[C@@H](C(=O)O)[C@@H]2c2ccc(Cl)cc2Cl)CC1. The van der Waals surface area contributed by atoms with Crippen LogP contribution < -0.4 is 0 Å². The van der Waals surface area contributed by atoms with E-state index in [-0.39, 0.29) is 11.9 Å². The molecule has 31 heavy (non-hydrogen) atoms. The zero-order valence-electron chi connectivity index (χ0n) is 16.8. The average molecular weight is 481 g/mol. The third-order valence-electron chi connectivity index (χ3n) is 6.10. The van der Waals surface area contributed by atoms with Crippen LogP contribution in [0.15, 0.2) is 42.5 Å². The number of amides is 1. The summed E-state index contributed by atoms with van der Waals surface area (Å²) in [6.45, 7) is 1.13. The van der Waals surface area contributed by atoms with Gasteiger partial charge in [0.2, 0.25) is 0 Å². The number of benzene rings is 2. The maximum Gasteiger partial charge on any atom is 0.313 e. The minimum atomic E-state index is -1.08. The van der Waals surface area contributed by atoms with E-state index in [9.17, 15) is 18.9 Å². The molecule has 164 valence electrons. The molecule has 0 radical (unpaired) electrons. The molecular formula is C22H22Cl2N2O4S. The molecular weight excluding hydrogens is 459 g/mol. The Balaban J connectivity index is 1.84. The molecule has 1 N–H and O–H groups in total. The molecule has 1 unspecified atom stereocenters. The zero-order valence-corrected chi connectivity index (χ0v) is 19.2. The summed E-state index contributed by atoms with van der Waals surface area (Å²) in [4.78, 5) is 27.8. The van der Waals surface area contributed by atoms with Gasteiger partial charge in [-0.1, -0.05) is 47.5 Å². The van der Waals surface area contributed by atoms with Gasteiger partial charge in [-0.15, -0.1) is 0 Å². The Labute approximate surface area is 193 Å². The minimum absolute atomic E-state index is 0.195. The fourth-order valence-electron chi connectivity index (χ4n) is 4.67. The van der Waals surface area contributed by atoms with Gasteiger partial charge in [0.25, 0.3) is 5.91 Å². The Hall–Kier alpha value is -1.93. The van der Waals surface area contributed by atoms with Crippen molar-refractivity contribution in [2.24, 2.45) is 0 Å². The van der Waals surface area contributed by atoms with Crippen molar-refractivity contribution in [2.75, 3.05) is 19.3 Å². The van der Waals surface area contributed by atoms with Crippen LogP contribution in [0.3, 0.4) is 0 Å². The second-order valence-electron chi connectivity index (χ2n) is 7.81. The molecule has 2 aromatic carbocycles. The molecule has 1 saturated heterocycles. The van der Waals surface area contributed by atoms with Crippen molar-refractivity contribution >= 4 is 46.1 Å². The largest absolute Gasteiger partial charge is 0.481 e. The number of carbonyl (C=O) groups is 2. The van der Waals surface area contributed by atoms with E-state index in [0.717, 1.165) is 0 Å². The number of piperidine rings is 1. The maximum absolute atomic E-state index is 13.7. The third kappa shape index (κ3) is 4.12. The number of nitrogens with zero attached hydrogens (tertiary/aromatic N) is 2. The Morgan fingerprint density at radius 3 is 2.39 bits per heavy atom. The van der Waals surface area contributed by atoms with E-state index in [4.69, 9.17) is 23.2 Å². The van der Waals surface area contributed by atoms with Crippen molar-refractivity contribution in [1.29, 1.82) is 0 Å². The highest BCUT2D eigenvalue weighted by Gasteiger charge is 2.47. The highest BCUT2D eigenvalue weighted by atomic mass is 35.5. The smallest absolute Gasteiger partial charge is 0.313 e. The lowest BCUT2D eigenvalue weighted by atomic mass is 9.78. The van der Waals surface area contributed by atoms with Gasteiger partial charge >= 0.3 is 5.97 Å². The van der Waals surface area contributed by atoms with Gasteiger partial charge in [-0.2, -0.15) is 0 Å². The summed E-state index contributed by atoms with van der Waals surface area (Å²) in [6.07, 6.45) is 2.84. The van der Waals surface area contributed by atoms with Crippen molar-refractivity contribution < 1.29 is 18.9 Å². The monoisotopic (exact) mass is 480 g/mol. The first-order valence-electron chi connectivity index (χ1n) is 9.97. The summed E-state index contributed by atoms with van der Waals surface area (Å²) in [7, 11) is -1.08. The summed E-state index contributed by atoms with van der Waals surface area (Å²) < 4.78 is 13.7. The van der Waals surface area contributed by atoms with Crippen molar-refractivity contribution in [3.8, 4) is 0 Å². The Kier molecular flexibility index (Phi) is 6.40. The molecule has 2 aliphatic heterocycles. The lowest BCUT2D eigenvalue weighted by Gasteiger charge is -2.47. The van der Waals surface area contributed by atoms with Crippen LogP contribution in [0, 0.1) is 0 Å². The molecule has 1 amide bonds. The molecule has 9 heteroatoms. The number of halogens is 2. The molecule has 4 rings (SSSR count). The van der Waals surface area contributed by atoms with Crippen LogP contribution in [-0.2, 0) is 15.8 Å². The number of aliphatic carboxylic acids is 1. The summed E-state index contributed by atoms with van der Waals surface area (Å²) in [5, 5.41) is 11.0. The standard InChI is InChI=1S/C22H22Cl2N2O4S/c1-31(30)25-10-8-14(9-11-25)26-20(17-7-6-13(23)12-18(17)24)19(22(28)29)15-4-2-3-5-16(15)21(26)27/h2-7,12,14,19-20H,8-11H2,1H3,(H,28,29)/t19-,20+,31?/m1/s1. The molecule has 3 atom stereocenters. The highest BCUT2D eigenvalue weighted by Crippen LogP contribution is 2.47. The van der Waals surface area contributed by atoms with E-state index in [1.165, 1.54) is 0 Å². The fraction of sp³-hybridized carbons (Fsp3) is 0.364. The molecule has 0 aliphatic carbocycles. The van der Waals surface area contributed by atoms with Gasteiger partial charge in [-0.3, -0.25) is 9.59 Å². The van der Waals surface area contributed by atoms with E-state index in [1.54, 1.807) is 53.6 Å². The van der Waals surface area contributed by atoms with Gasteiger partial charge in [-0.25, -0.2) is 8.51 Å². The highest BCUT2D eigenvalue weighted by molar-refractivity contribution is 7.81. The second-order valence-corrected chi connectivity index (χ2v) is 10.0. The first-order chi connectivity index (χ1) is 14.8.